The smallest absolute Gasteiger partial charge is 0.0594 e. The molecule has 0 aromatic rings. The lowest BCUT2D eigenvalue weighted by Crippen LogP contribution is -2.37. The normalized spacial score (nSPS) is 17.0. The van der Waals surface area contributed by atoms with E-state index in [2.05, 4.69) is 24.1 Å². The van der Waals surface area contributed by atoms with Gasteiger partial charge in [-0.05, 0) is 26.6 Å². The lowest BCUT2D eigenvalue weighted by molar-refractivity contribution is 0.0375. The molecule has 3 heteroatoms. The number of hydrogen-bond acceptors (Lipinski definition) is 3. The van der Waals surface area contributed by atoms with Crippen LogP contribution in [0.4, 0.5) is 0 Å². The molecule has 1 aliphatic heterocycles. The molecule has 0 aliphatic carbocycles. The molecule has 1 heterocycles. The maximum absolute atomic E-state index is 5.25. The number of nitrogens with one attached hydrogen (secondary N) is 1. The maximum Gasteiger partial charge on any atom is 0.0594 e. The highest BCUT2D eigenvalue weighted by molar-refractivity contribution is 4.61. The van der Waals surface area contributed by atoms with Gasteiger partial charge in [-0.1, -0.05) is 26.7 Å². The van der Waals surface area contributed by atoms with Crippen molar-refractivity contribution in [1.29, 1.82) is 0 Å². The van der Waals surface area contributed by atoms with Crippen molar-refractivity contribution >= 4 is 0 Å². The van der Waals surface area contributed by atoms with Crippen LogP contribution in [0, 0.1) is 0 Å². The largest absolute Gasteiger partial charge is 0.379 e. The van der Waals surface area contributed by atoms with Gasteiger partial charge in [-0.3, -0.25) is 4.90 Å². The zero-order valence-corrected chi connectivity index (χ0v) is 10.7. The van der Waals surface area contributed by atoms with Gasteiger partial charge < -0.3 is 10.1 Å². The van der Waals surface area contributed by atoms with E-state index in [1.807, 2.05) is 7.05 Å². The van der Waals surface area contributed by atoms with Crippen LogP contribution in [0.25, 0.3) is 0 Å². The highest BCUT2D eigenvalue weighted by Gasteiger charge is 2.08. The second-order valence-corrected chi connectivity index (χ2v) is 3.91. The van der Waals surface area contributed by atoms with Crippen molar-refractivity contribution in [3.05, 3.63) is 0 Å². The molecule has 0 aromatic heterocycles. The summed E-state index contributed by atoms with van der Waals surface area (Å²) in [6.45, 7) is 10.8. The Bertz CT molecular complexity index is 118. The summed E-state index contributed by atoms with van der Waals surface area (Å²) >= 11 is 0. The number of ether oxygens (including phenoxy) is 1. The second-order valence-electron chi connectivity index (χ2n) is 3.91. The molecule has 0 radical (unpaired) electrons. The van der Waals surface area contributed by atoms with Crippen molar-refractivity contribution in [3.63, 3.8) is 0 Å². The van der Waals surface area contributed by atoms with Gasteiger partial charge in [0.2, 0.25) is 0 Å². The summed E-state index contributed by atoms with van der Waals surface area (Å²) in [5.41, 5.74) is 0. The van der Waals surface area contributed by atoms with Gasteiger partial charge in [0.25, 0.3) is 0 Å². The van der Waals surface area contributed by atoms with E-state index < -0.39 is 0 Å². The number of unbranched alkanes of at least 4 members (excludes halogenated alkanes) is 1. The second kappa shape index (κ2) is 12.0. The molecule has 0 bridgehead atoms. The summed E-state index contributed by atoms with van der Waals surface area (Å²) in [5.74, 6) is 0. The molecule has 3 nitrogen and oxygen atoms in total. The van der Waals surface area contributed by atoms with Gasteiger partial charge in [-0.15, -0.1) is 0 Å². The fourth-order valence-corrected chi connectivity index (χ4v) is 1.30. The summed E-state index contributed by atoms with van der Waals surface area (Å²) in [6, 6.07) is 0. The minimum atomic E-state index is 0. The zero-order chi connectivity index (χ0) is 11.4. The number of hydrogen-bond donors (Lipinski definition) is 1. The molecule has 94 valence electrons. The quantitative estimate of drug-likeness (QED) is 0.714. The van der Waals surface area contributed by atoms with Crippen molar-refractivity contribution in [1.82, 2.24) is 10.2 Å². The monoisotopic (exact) mass is 218 g/mol. The predicted molar refractivity (Wildman–Crippen MR) is 68.5 cm³/mol. The lowest BCUT2D eigenvalue weighted by atomic mass is 10.3. The third-order valence-corrected chi connectivity index (χ3v) is 2.50. The highest BCUT2D eigenvalue weighted by Crippen LogP contribution is 1.96. The van der Waals surface area contributed by atoms with Crippen LogP contribution < -0.4 is 5.32 Å². The first-order valence-corrected chi connectivity index (χ1v) is 6.29. The average molecular weight is 218 g/mol. The molecule has 0 saturated carbocycles. The summed E-state index contributed by atoms with van der Waals surface area (Å²) in [7, 11) is 2.00. The van der Waals surface area contributed by atoms with Gasteiger partial charge >= 0.3 is 0 Å². The summed E-state index contributed by atoms with van der Waals surface area (Å²) < 4.78 is 5.25. The fourth-order valence-electron chi connectivity index (χ4n) is 1.30. The van der Waals surface area contributed by atoms with Gasteiger partial charge in [0.1, 0.15) is 0 Å². The average Bonchev–Trinajstić information content (AvgIpc) is 2.31. The first-order valence-electron chi connectivity index (χ1n) is 6.29. The molecule has 0 spiro atoms. The molecule has 0 atom stereocenters. The third-order valence-electron chi connectivity index (χ3n) is 2.50. The van der Waals surface area contributed by atoms with E-state index in [1.165, 1.54) is 25.8 Å². The Kier molecular flexibility index (Phi) is 11.9. The van der Waals surface area contributed by atoms with Gasteiger partial charge in [0.15, 0.2) is 0 Å². The maximum atomic E-state index is 5.25. The van der Waals surface area contributed by atoms with Crippen molar-refractivity contribution in [3.8, 4) is 0 Å². The zero-order valence-electron chi connectivity index (χ0n) is 10.7. The standard InChI is InChI=1S/C8H18N2O.C4H10.H2/c1-9-3-2-4-10-5-7-11-8-6-10;1-3-4-2;/h9H,2-8H2,1H3;3-4H2,1-2H3;1H. The molecule has 0 aromatic carbocycles. The Morgan fingerprint density at radius 3 is 2.27 bits per heavy atom. The molecule has 1 fully saturated rings. The van der Waals surface area contributed by atoms with Gasteiger partial charge in [-0.2, -0.15) is 0 Å². The SMILES string of the molecule is CCCC.CNCCCN1CCOCC1.[HH]. The van der Waals surface area contributed by atoms with Crippen LogP contribution in [0.15, 0.2) is 0 Å². The molecule has 15 heavy (non-hydrogen) atoms. The van der Waals surface area contributed by atoms with E-state index in [4.69, 9.17) is 4.74 Å². The summed E-state index contributed by atoms with van der Waals surface area (Å²) in [4.78, 5) is 2.46. The number of nitrogens with zero attached hydrogens (tertiary/aromatic N) is 1. The predicted octanol–water partition coefficient (Wildman–Crippen LogP) is 1.98. The third kappa shape index (κ3) is 10.2. The van der Waals surface area contributed by atoms with E-state index >= 15 is 0 Å². The molecule has 0 amide bonds. The molecule has 1 N–H and O–H groups in total. The number of morpholine rings is 1. The summed E-state index contributed by atoms with van der Waals surface area (Å²) in [6.07, 6.45) is 3.89. The number of rotatable bonds is 5. The topological polar surface area (TPSA) is 24.5 Å². The van der Waals surface area contributed by atoms with Crippen LogP contribution in [0.3, 0.4) is 0 Å². The fraction of sp³-hybridized carbons (Fsp3) is 1.00. The minimum absolute atomic E-state index is 0. The van der Waals surface area contributed by atoms with Crippen LogP contribution in [0.1, 0.15) is 34.5 Å². The lowest BCUT2D eigenvalue weighted by Gasteiger charge is -2.26. The molecule has 1 rings (SSSR count). The van der Waals surface area contributed by atoms with E-state index in [9.17, 15) is 0 Å². The van der Waals surface area contributed by atoms with Crippen LogP contribution >= 0.6 is 0 Å². The summed E-state index contributed by atoms with van der Waals surface area (Å²) in [5, 5.41) is 3.15. The van der Waals surface area contributed by atoms with Gasteiger partial charge in [-0.25, -0.2) is 0 Å². The van der Waals surface area contributed by atoms with Crippen molar-refractivity contribution in [2.75, 3.05) is 46.4 Å². The van der Waals surface area contributed by atoms with Crippen LogP contribution in [-0.2, 0) is 4.74 Å². The van der Waals surface area contributed by atoms with Crippen LogP contribution in [-0.4, -0.2) is 51.3 Å². The molecule has 1 saturated heterocycles. The van der Waals surface area contributed by atoms with Gasteiger partial charge in [0.05, 0.1) is 13.2 Å². The molecular weight excluding hydrogens is 188 g/mol. The van der Waals surface area contributed by atoms with Crippen molar-refractivity contribution < 1.29 is 6.16 Å². The van der Waals surface area contributed by atoms with Gasteiger partial charge in [0, 0.05) is 14.5 Å². The molecule has 0 unspecified atom stereocenters. The van der Waals surface area contributed by atoms with Crippen LogP contribution in [0.5, 0.6) is 0 Å². The molecular formula is C12H30N2O. The minimum Gasteiger partial charge on any atom is -0.379 e. The Morgan fingerprint density at radius 1 is 1.20 bits per heavy atom. The van der Waals surface area contributed by atoms with E-state index in [1.54, 1.807) is 0 Å². The van der Waals surface area contributed by atoms with Crippen molar-refractivity contribution in [2.24, 2.45) is 0 Å². The first-order chi connectivity index (χ1) is 7.35. The Labute approximate surface area is 96.7 Å². The Morgan fingerprint density at radius 2 is 1.80 bits per heavy atom. The highest BCUT2D eigenvalue weighted by atomic mass is 16.5. The Hall–Kier alpha value is -0.120. The first kappa shape index (κ1) is 14.9. The Balaban J connectivity index is 0. The van der Waals surface area contributed by atoms with E-state index in [-0.39, 0.29) is 1.43 Å². The van der Waals surface area contributed by atoms with E-state index in [0.717, 1.165) is 32.8 Å². The van der Waals surface area contributed by atoms with Crippen molar-refractivity contribution in [2.45, 2.75) is 33.1 Å². The molecule has 1 aliphatic rings. The van der Waals surface area contributed by atoms with E-state index in [0.29, 0.717) is 0 Å². The van der Waals surface area contributed by atoms with Crippen LogP contribution in [0.2, 0.25) is 0 Å².